The first-order chi connectivity index (χ1) is 8.72. The van der Waals surface area contributed by atoms with E-state index >= 15 is 0 Å². The van der Waals surface area contributed by atoms with Gasteiger partial charge >= 0.3 is 0 Å². The topological polar surface area (TPSA) is 37.8 Å². The average molecular weight is 247 g/mol. The van der Waals surface area contributed by atoms with Crippen molar-refractivity contribution in [3.63, 3.8) is 0 Å². The summed E-state index contributed by atoms with van der Waals surface area (Å²) in [7, 11) is 0. The monoisotopic (exact) mass is 247 g/mol. The predicted molar refractivity (Wildman–Crippen MR) is 75.9 cm³/mol. The van der Waals surface area contributed by atoms with Gasteiger partial charge in [0, 0.05) is 24.2 Å². The Morgan fingerprint density at radius 3 is 2.83 bits per heavy atom. The zero-order valence-corrected chi connectivity index (χ0v) is 11.9. The molecule has 0 amide bonds. The third kappa shape index (κ3) is 3.21. The van der Waals surface area contributed by atoms with Crippen LogP contribution in [0.25, 0.3) is 0 Å². The highest BCUT2D eigenvalue weighted by molar-refractivity contribution is 5.36. The normalized spacial score (nSPS) is 23.9. The molecule has 1 heterocycles. The molecule has 1 N–H and O–H groups in total. The highest BCUT2D eigenvalue weighted by atomic mass is 15.0. The van der Waals surface area contributed by atoms with Crippen molar-refractivity contribution >= 4 is 5.82 Å². The molecular weight excluding hydrogens is 222 g/mol. The van der Waals surface area contributed by atoms with Crippen molar-refractivity contribution in [2.75, 3.05) is 11.9 Å². The van der Waals surface area contributed by atoms with E-state index in [1.165, 1.54) is 32.1 Å². The third-order valence-electron chi connectivity index (χ3n) is 3.95. The largest absolute Gasteiger partial charge is 0.370 e. The predicted octanol–water partition coefficient (Wildman–Crippen LogP) is 3.90. The fourth-order valence-corrected chi connectivity index (χ4v) is 2.94. The molecule has 0 spiro atoms. The van der Waals surface area contributed by atoms with Crippen LogP contribution in [0.1, 0.15) is 63.4 Å². The number of nitrogens with one attached hydrogen (secondary N) is 1. The van der Waals surface area contributed by atoms with Crippen LogP contribution < -0.4 is 5.32 Å². The van der Waals surface area contributed by atoms with E-state index in [4.69, 9.17) is 4.98 Å². The Hall–Kier alpha value is -1.12. The van der Waals surface area contributed by atoms with E-state index < -0.39 is 0 Å². The standard InChI is InChI=1S/C15H25N3/c1-4-12-7-6-8-13(10-12)15-17-11(3)9-14(18-15)16-5-2/h9,12-13H,4-8,10H2,1-3H3,(H,16,17,18). The molecule has 100 valence electrons. The Morgan fingerprint density at radius 2 is 2.11 bits per heavy atom. The van der Waals surface area contributed by atoms with Crippen molar-refractivity contribution in [1.82, 2.24) is 9.97 Å². The molecule has 0 radical (unpaired) electrons. The van der Waals surface area contributed by atoms with Crippen molar-refractivity contribution in [3.8, 4) is 0 Å². The number of anilines is 1. The number of nitrogens with zero attached hydrogens (tertiary/aromatic N) is 2. The maximum Gasteiger partial charge on any atom is 0.134 e. The SMILES string of the molecule is CCNc1cc(C)nc(C2CCCC(CC)C2)n1. The molecule has 0 aliphatic heterocycles. The molecule has 1 aliphatic rings. The first kappa shape index (κ1) is 13.3. The number of hydrogen-bond donors (Lipinski definition) is 1. The van der Waals surface area contributed by atoms with Gasteiger partial charge in [-0.2, -0.15) is 0 Å². The number of aromatic nitrogens is 2. The highest BCUT2D eigenvalue weighted by Crippen LogP contribution is 2.36. The summed E-state index contributed by atoms with van der Waals surface area (Å²) in [5.41, 5.74) is 1.08. The minimum absolute atomic E-state index is 0.570. The zero-order valence-electron chi connectivity index (χ0n) is 11.9. The van der Waals surface area contributed by atoms with Gasteiger partial charge in [-0.25, -0.2) is 9.97 Å². The lowest BCUT2D eigenvalue weighted by molar-refractivity contribution is 0.307. The van der Waals surface area contributed by atoms with Crippen LogP contribution >= 0.6 is 0 Å². The summed E-state index contributed by atoms with van der Waals surface area (Å²) in [5, 5.41) is 3.30. The second-order valence-corrected chi connectivity index (χ2v) is 5.42. The van der Waals surface area contributed by atoms with E-state index in [1.807, 2.05) is 6.07 Å². The van der Waals surface area contributed by atoms with Crippen LogP contribution in [-0.2, 0) is 0 Å². The molecule has 0 bridgehead atoms. The first-order valence-electron chi connectivity index (χ1n) is 7.32. The molecule has 0 aromatic carbocycles. The van der Waals surface area contributed by atoms with E-state index in [0.717, 1.165) is 29.8 Å². The smallest absolute Gasteiger partial charge is 0.134 e. The van der Waals surface area contributed by atoms with Gasteiger partial charge in [0.2, 0.25) is 0 Å². The Bertz CT molecular complexity index is 389. The summed E-state index contributed by atoms with van der Waals surface area (Å²) in [6, 6.07) is 2.03. The van der Waals surface area contributed by atoms with Gasteiger partial charge in [0.15, 0.2) is 0 Å². The quantitative estimate of drug-likeness (QED) is 0.876. The molecular formula is C15H25N3. The maximum atomic E-state index is 4.69. The Morgan fingerprint density at radius 1 is 1.28 bits per heavy atom. The number of hydrogen-bond acceptors (Lipinski definition) is 3. The minimum Gasteiger partial charge on any atom is -0.370 e. The summed E-state index contributed by atoms with van der Waals surface area (Å²) in [4.78, 5) is 9.35. The van der Waals surface area contributed by atoms with Gasteiger partial charge in [-0.15, -0.1) is 0 Å². The second-order valence-electron chi connectivity index (χ2n) is 5.42. The summed E-state index contributed by atoms with van der Waals surface area (Å²) in [5.74, 6) is 3.49. The van der Waals surface area contributed by atoms with Crippen LogP contribution in [0.4, 0.5) is 5.82 Å². The van der Waals surface area contributed by atoms with Crippen molar-refractivity contribution in [3.05, 3.63) is 17.6 Å². The van der Waals surface area contributed by atoms with Crippen LogP contribution in [0, 0.1) is 12.8 Å². The van der Waals surface area contributed by atoms with Gasteiger partial charge in [0.05, 0.1) is 0 Å². The van der Waals surface area contributed by atoms with E-state index in [2.05, 4.69) is 31.1 Å². The van der Waals surface area contributed by atoms with Crippen LogP contribution in [0.2, 0.25) is 0 Å². The molecule has 0 saturated heterocycles. The van der Waals surface area contributed by atoms with Gasteiger partial charge in [-0.1, -0.05) is 26.2 Å². The van der Waals surface area contributed by atoms with E-state index in [-0.39, 0.29) is 0 Å². The summed E-state index contributed by atoms with van der Waals surface area (Å²) in [6.07, 6.45) is 6.54. The fraction of sp³-hybridized carbons (Fsp3) is 0.733. The fourth-order valence-electron chi connectivity index (χ4n) is 2.94. The highest BCUT2D eigenvalue weighted by Gasteiger charge is 2.24. The van der Waals surface area contributed by atoms with Gasteiger partial charge in [0.1, 0.15) is 11.6 Å². The van der Waals surface area contributed by atoms with Crippen molar-refractivity contribution in [2.24, 2.45) is 5.92 Å². The second kappa shape index (κ2) is 6.17. The van der Waals surface area contributed by atoms with E-state index in [9.17, 15) is 0 Å². The van der Waals surface area contributed by atoms with Crippen molar-refractivity contribution in [1.29, 1.82) is 0 Å². The molecule has 3 nitrogen and oxygen atoms in total. The van der Waals surface area contributed by atoms with Crippen LogP contribution in [-0.4, -0.2) is 16.5 Å². The van der Waals surface area contributed by atoms with Crippen LogP contribution in [0.5, 0.6) is 0 Å². The molecule has 2 unspecified atom stereocenters. The van der Waals surface area contributed by atoms with Gasteiger partial charge < -0.3 is 5.32 Å². The Labute approximate surface area is 110 Å². The molecule has 1 aromatic heterocycles. The van der Waals surface area contributed by atoms with E-state index in [1.54, 1.807) is 0 Å². The first-order valence-corrected chi connectivity index (χ1v) is 7.32. The molecule has 3 heteroatoms. The van der Waals surface area contributed by atoms with Crippen molar-refractivity contribution < 1.29 is 0 Å². The summed E-state index contributed by atoms with van der Waals surface area (Å²) in [6.45, 7) is 7.38. The maximum absolute atomic E-state index is 4.69. The Balaban J connectivity index is 2.16. The molecule has 2 rings (SSSR count). The molecule has 2 atom stereocenters. The van der Waals surface area contributed by atoms with Gasteiger partial charge in [-0.05, 0) is 32.6 Å². The Kier molecular flexibility index (Phi) is 4.56. The third-order valence-corrected chi connectivity index (χ3v) is 3.95. The van der Waals surface area contributed by atoms with Crippen LogP contribution in [0.3, 0.4) is 0 Å². The lowest BCUT2D eigenvalue weighted by atomic mass is 9.80. The van der Waals surface area contributed by atoms with Gasteiger partial charge in [-0.3, -0.25) is 0 Å². The molecule has 1 fully saturated rings. The van der Waals surface area contributed by atoms with Gasteiger partial charge in [0.25, 0.3) is 0 Å². The zero-order chi connectivity index (χ0) is 13.0. The number of aryl methyl sites for hydroxylation is 1. The molecule has 1 saturated carbocycles. The molecule has 1 aliphatic carbocycles. The van der Waals surface area contributed by atoms with Crippen molar-refractivity contribution in [2.45, 2.75) is 58.8 Å². The summed E-state index contributed by atoms with van der Waals surface area (Å²) < 4.78 is 0. The average Bonchev–Trinajstić information content (AvgIpc) is 2.38. The minimum atomic E-state index is 0.570. The molecule has 1 aromatic rings. The lowest BCUT2D eigenvalue weighted by Crippen LogP contribution is -2.17. The van der Waals surface area contributed by atoms with E-state index in [0.29, 0.717) is 5.92 Å². The lowest BCUT2D eigenvalue weighted by Gasteiger charge is -2.27. The number of rotatable bonds is 4. The van der Waals surface area contributed by atoms with Crippen LogP contribution in [0.15, 0.2) is 6.07 Å². The summed E-state index contributed by atoms with van der Waals surface area (Å²) >= 11 is 0. The molecule has 18 heavy (non-hydrogen) atoms.